The van der Waals surface area contributed by atoms with Crippen molar-refractivity contribution >= 4 is 45.4 Å². The molecule has 0 spiro atoms. The topological polar surface area (TPSA) is 159 Å². The van der Waals surface area contributed by atoms with Gasteiger partial charge in [-0.15, -0.1) is 0 Å². The minimum atomic E-state index is -0.651. The molecule has 6 N–H and O–H groups in total. The van der Waals surface area contributed by atoms with E-state index in [9.17, 15) is 14.4 Å². The minimum absolute atomic E-state index is 0.0593. The number of guanidine groups is 1. The second kappa shape index (κ2) is 12.3. The summed E-state index contributed by atoms with van der Waals surface area (Å²) in [6.07, 6.45) is 2.68. The highest BCUT2D eigenvalue weighted by Gasteiger charge is 2.23. The summed E-state index contributed by atoms with van der Waals surface area (Å²) in [4.78, 5) is 41.4. The first kappa shape index (κ1) is 27.8. The number of ether oxygens (including phenoxy) is 1. The summed E-state index contributed by atoms with van der Waals surface area (Å²) in [5.74, 6) is -1.74. The van der Waals surface area contributed by atoms with Crippen LogP contribution < -0.4 is 21.7 Å². The van der Waals surface area contributed by atoms with Crippen LogP contribution in [0.4, 0.5) is 5.69 Å². The first-order valence-corrected chi connectivity index (χ1v) is 11.8. The van der Waals surface area contributed by atoms with Crippen LogP contribution in [0.25, 0.3) is 0 Å². The molecule has 35 heavy (non-hydrogen) atoms. The lowest BCUT2D eigenvalue weighted by Gasteiger charge is -2.24. The zero-order valence-corrected chi connectivity index (χ0v) is 21.8. The van der Waals surface area contributed by atoms with Crippen LogP contribution in [0.3, 0.4) is 0 Å². The van der Waals surface area contributed by atoms with E-state index in [1.165, 1.54) is 18.5 Å². The van der Waals surface area contributed by atoms with Gasteiger partial charge in [0.1, 0.15) is 0 Å². The summed E-state index contributed by atoms with van der Waals surface area (Å²) in [7, 11) is 0. The summed E-state index contributed by atoms with van der Waals surface area (Å²) >= 11 is 3.52. The van der Waals surface area contributed by atoms with E-state index in [1.54, 1.807) is 6.92 Å². The van der Waals surface area contributed by atoms with Gasteiger partial charge in [0.15, 0.2) is 5.96 Å². The SMILES string of the molecule is CCOC(=O)C[C@H](NC(=O)CNC(=O)c1cncc(NC(=N)N)c1)c1cc(Br)cc(C(C)(C)C)c1. The standard InChI is InChI=1S/C24H31BrN6O4/c1-5-35-21(33)10-19(14-6-16(24(2,3)4)9-17(25)7-14)31-20(32)13-29-22(34)15-8-18(12-28-11-15)30-23(26)27/h6-9,11-12,19H,5,10,13H2,1-4H3,(H,29,34)(H,31,32)(H4,26,27,30)/t19-/m0/s1. The van der Waals surface area contributed by atoms with Gasteiger partial charge < -0.3 is 26.4 Å². The second-order valence-electron chi connectivity index (χ2n) is 8.84. The Morgan fingerprint density at radius 3 is 2.51 bits per heavy atom. The normalized spacial score (nSPS) is 11.8. The molecule has 11 heteroatoms. The molecule has 0 saturated heterocycles. The van der Waals surface area contributed by atoms with Gasteiger partial charge in [0.05, 0.1) is 43.1 Å². The Kier molecular flexibility index (Phi) is 9.76. The average Bonchev–Trinajstić information content (AvgIpc) is 2.76. The lowest BCUT2D eigenvalue weighted by molar-refractivity contribution is -0.143. The van der Waals surface area contributed by atoms with Crippen LogP contribution in [0.5, 0.6) is 0 Å². The molecular formula is C24H31BrN6O4. The van der Waals surface area contributed by atoms with Crippen LogP contribution in [-0.2, 0) is 19.7 Å². The third-order valence-electron chi connectivity index (χ3n) is 4.89. The fourth-order valence-corrected chi connectivity index (χ4v) is 3.69. The zero-order chi connectivity index (χ0) is 26.2. The molecule has 0 bridgehead atoms. The number of nitrogens with one attached hydrogen (secondary N) is 4. The van der Waals surface area contributed by atoms with Crippen LogP contribution >= 0.6 is 15.9 Å². The molecule has 0 aliphatic rings. The van der Waals surface area contributed by atoms with E-state index in [0.29, 0.717) is 5.69 Å². The number of halogens is 1. The van der Waals surface area contributed by atoms with E-state index in [4.69, 9.17) is 15.9 Å². The number of benzene rings is 1. The highest BCUT2D eigenvalue weighted by Crippen LogP contribution is 2.30. The Bertz CT molecular complexity index is 1100. The quantitative estimate of drug-likeness (QED) is 0.183. The molecule has 1 aromatic carbocycles. The van der Waals surface area contributed by atoms with Gasteiger partial charge in [0.2, 0.25) is 5.91 Å². The van der Waals surface area contributed by atoms with Gasteiger partial charge in [-0.25, -0.2) is 0 Å². The van der Waals surface area contributed by atoms with Gasteiger partial charge in [0, 0.05) is 10.7 Å². The third kappa shape index (κ3) is 9.01. The number of aromatic nitrogens is 1. The highest BCUT2D eigenvalue weighted by atomic mass is 79.9. The number of nitrogens with zero attached hydrogens (tertiary/aromatic N) is 1. The number of nitrogens with two attached hydrogens (primary N) is 1. The molecular weight excluding hydrogens is 516 g/mol. The summed E-state index contributed by atoms with van der Waals surface area (Å²) in [6, 6.07) is 6.60. The summed E-state index contributed by atoms with van der Waals surface area (Å²) in [5.41, 5.74) is 7.48. The van der Waals surface area contributed by atoms with Crippen LogP contribution in [-0.4, -0.2) is 41.9 Å². The van der Waals surface area contributed by atoms with Crippen molar-refractivity contribution in [2.45, 2.75) is 45.6 Å². The van der Waals surface area contributed by atoms with Crippen molar-refractivity contribution in [2.75, 3.05) is 18.5 Å². The lowest BCUT2D eigenvalue weighted by atomic mass is 9.85. The summed E-state index contributed by atoms with van der Waals surface area (Å²) in [5, 5.41) is 15.2. The second-order valence-corrected chi connectivity index (χ2v) is 9.75. The number of amides is 2. The first-order valence-electron chi connectivity index (χ1n) is 11.0. The van der Waals surface area contributed by atoms with E-state index in [-0.39, 0.29) is 36.5 Å². The van der Waals surface area contributed by atoms with E-state index in [2.05, 4.69) is 57.6 Å². The molecule has 188 valence electrons. The van der Waals surface area contributed by atoms with E-state index in [0.717, 1.165) is 15.6 Å². The van der Waals surface area contributed by atoms with Crippen molar-refractivity contribution in [3.63, 3.8) is 0 Å². The van der Waals surface area contributed by atoms with E-state index >= 15 is 0 Å². The number of carbonyl (C=O) groups is 3. The fourth-order valence-electron chi connectivity index (χ4n) is 3.18. The maximum atomic E-state index is 12.7. The van der Waals surface area contributed by atoms with Gasteiger partial charge in [0.25, 0.3) is 5.91 Å². The number of carbonyl (C=O) groups excluding carboxylic acids is 3. The molecule has 0 saturated carbocycles. The average molecular weight is 547 g/mol. The number of rotatable bonds is 9. The molecule has 0 aliphatic carbocycles. The molecule has 2 aromatic rings. The van der Waals surface area contributed by atoms with Crippen LogP contribution in [0, 0.1) is 5.41 Å². The molecule has 1 heterocycles. The molecule has 10 nitrogen and oxygen atoms in total. The largest absolute Gasteiger partial charge is 0.466 e. The van der Waals surface area contributed by atoms with Crippen molar-refractivity contribution in [2.24, 2.45) is 5.73 Å². The molecule has 0 radical (unpaired) electrons. The molecule has 2 rings (SSSR count). The van der Waals surface area contributed by atoms with Gasteiger partial charge in [-0.1, -0.05) is 42.8 Å². The molecule has 0 aliphatic heterocycles. The van der Waals surface area contributed by atoms with Crippen LogP contribution in [0.2, 0.25) is 0 Å². The van der Waals surface area contributed by atoms with Crippen LogP contribution in [0.15, 0.2) is 41.1 Å². The van der Waals surface area contributed by atoms with Gasteiger partial charge in [-0.3, -0.25) is 24.8 Å². The molecule has 2 amide bonds. The maximum Gasteiger partial charge on any atom is 0.308 e. The van der Waals surface area contributed by atoms with E-state index in [1.807, 2.05) is 18.2 Å². The Morgan fingerprint density at radius 1 is 1.17 bits per heavy atom. The van der Waals surface area contributed by atoms with Crippen molar-refractivity contribution < 1.29 is 19.1 Å². The minimum Gasteiger partial charge on any atom is -0.466 e. The lowest BCUT2D eigenvalue weighted by Crippen LogP contribution is -2.39. The molecule has 0 fully saturated rings. The maximum absolute atomic E-state index is 12.7. The Balaban J connectivity index is 2.15. The molecule has 1 atom stereocenters. The number of anilines is 1. The third-order valence-corrected chi connectivity index (χ3v) is 5.35. The summed E-state index contributed by atoms with van der Waals surface area (Å²) < 4.78 is 5.91. The van der Waals surface area contributed by atoms with Crippen molar-refractivity contribution in [3.8, 4) is 0 Å². The Hall–Kier alpha value is -3.47. The van der Waals surface area contributed by atoms with E-state index < -0.39 is 23.8 Å². The monoisotopic (exact) mass is 546 g/mol. The first-order chi connectivity index (χ1) is 16.4. The van der Waals surface area contributed by atoms with Crippen molar-refractivity contribution in [1.82, 2.24) is 15.6 Å². The van der Waals surface area contributed by atoms with Gasteiger partial charge >= 0.3 is 5.97 Å². The smallest absolute Gasteiger partial charge is 0.308 e. The number of esters is 1. The number of pyridine rings is 1. The predicted octanol–water partition coefficient (Wildman–Crippen LogP) is 2.99. The molecule has 1 aromatic heterocycles. The van der Waals surface area contributed by atoms with Gasteiger partial charge in [-0.2, -0.15) is 0 Å². The number of hydrogen-bond donors (Lipinski definition) is 5. The zero-order valence-electron chi connectivity index (χ0n) is 20.2. The van der Waals surface area contributed by atoms with Gasteiger partial charge in [-0.05, 0) is 41.7 Å². The highest BCUT2D eigenvalue weighted by molar-refractivity contribution is 9.10. The van der Waals surface area contributed by atoms with Crippen molar-refractivity contribution in [1.29, 1.82) is 5.41 Å². The van der Waals surface area contributed by atoms with Crippen molar-refractivity contribution in [3.05, 3.63) is 57.8 Å². The van der Waals surface area contributed by atoms with Crippen LogP contribution in [0.1, 0.15) is 61.6 Å². The predicted molar refractivity (Wildman–Crippen MR) is 137 cm³/mol. The summed E-state index contributed by atoms with van der Waals surface area (Å²) in [6.45, 7) is 7.84. The number of hydrogen-bond acceptors (Lipinski definition) is 6. The molecule has 0 unspecified atom stereocenters. The Labute approximate surface area is 213 Å². The Morgan fingerprint density at radius 2 is 1.89 bits per heavy atom. The fraction of sp³-hybridized carbons (Fsp3) is 0.375.